The van der Waals surface area contributed by atoms with Crippen LogP contribution in [0.5, 0.6) is 5.75 Å². The van der Waals surface area contributed by atoms with Crippen molar-refractivity contribution in [3.63, 3.8) is 0 Å². The number of nitrogens with zero attached hydrogens (tertiary/aromatic N) is 1. The average Bonchev–Trinajstić information content (AvgIpc) is 3.09. The van der Waals surface area contributed by atoms with Crippen LogP contribution in [0.15, 0.2) is 40.8 Å². The molecule has 0 aliphatic carbocycles. The fourth-order valence-electron chi connectivity index (χ4n) is 2.25. The maximum atomic E-state index is 12.2. The lowest BCUT2D eigenvalue weighted by Crippen LogP contribution is -2.32. The second-order valence-corrected chi connectivity index (χ2v) is 5.34. The van der Waals surface area contributed by atoms with E-state index in [-0.39, 0.29) is 18.2 Å². The van der Waals surface area contributed by atoms with E-state index in [0.717, 1.165) is 5.75 Å². The Balaban J connectivity index is 1.90. The fourth-order valence-corrected chi connectivity index (χ4v) is 2.25. The first-order valence-electron chi connectivity index (χ1n) is 7.89. The topological polar surface area (TPSA) is 81.0 Å². The van der Waals surface area contributed by atoms with E-state index in [1.807, 2.05) is 11.8 Å². The molecule has 0 aliphatic rings. The molecule has 1 N–H and O–H groups in total. The molecule has 2 aromatic rings. The average molecular weight is 346 g/mol. The van der Waals surface area contributed by atoms with E-state index >= 15 is 0 Å². The van der Waals surface area contributed by atoms with Crippen LogP contribution in [0, 0.1) is 0 Å². The van der Waals surface area contributed by atoms with E-state index in [0.29, 0.717) is 24.5 Å². The molecule has 0 atom stereocenters. The molecule has 0 saturated heterocycles. The van der Waals surface area contributed by atoms with Crippen LogP contribution in [0.4, 0.5) is 5.69 Å². The number of furan rings is 1. The van der Waals surface area contributed by atoms with Gasteiger partial charge in [0.15, 0.2) is 0 Å². The minimum atomic E-state index is -0.522. The quantitative estimate of drug-likeness (QED) is 0.740. The van der Waals surface area contributed by atoms with E-state index in [1.54, 1.807) is 43.5 Å². The summed E-state index contributed by atoms with van der Waals surface area (Å²) in [6.07, 6.45) is 0. The number of carbonyl (C=O) groups is 2. The molecule has 1 aromatic heterocycles. The van der Waals surface area contributed by atoms with E-state index in [9.17, 15) is 9.59 Å². The summed E-state index contributed by atoms with van der Waals surface area (Å²) >= 11 is 0. The van der Waals surface area contributed by atoms with Crippen LogP contribution in [-0.4, -0.2) is 44.1 Å². The second-order valence-electron chi connectivity index (χ2n) is 5.34. The molecule has 0 bridgehead atoms. The molecular formula is C18H22N2O5. The molecule has 2 rings (SSSR count). The SMILES string of the molecule is CCN(CC(=O)Nc1ccc(OC)cc1)Cc1ccc(C(=O)OC)o1. The van der Waals surface area contributed by atoms with Crippen molar-refractivity contribution < 1.29 is 23.5 Å². The Morgan fingerprint density at radius 3 is 2.44 bits per heavy atom. The largest absolute Gasteiger partial charge is 0.497 e. The van der Waals surface area contributed by atoms with E-state index in [2.05, 4.69) is 10.1 Å². The van der Waals surface area contributed by atoms with E-state index in [4.69, 9.17) is 9.15 Å². The molecule has 0 spiro atoms. The van der Waals surface area contributed by atoms with Gasteiger partial charge in [0.25, 0.3) is 0 Å². The summed E-state index contributed by atoms with van der Waals surface area (Å²) in [5, 5.41) is 2.84. The summed E-state index contributed by atoms with van der Waals surface area (Å²) in [4.78, 5) is 25.5. The summed E-state index contributed by atoms with van der Waals surface area (Å²) in [5.74, 6) is 0.821. The number of ether oxygens (including phenoxy) is 2. The van der Waals surface area contributed by atoms with Crippen molar-refractivity contribution >= 4 is 17.6 Å². The maximum absolute atomic E-state index is 12.2. The maximum Gasteiger partial charge on any atom is 0.373 e. The Morgan fingerprint density at radius 1 is 1.12 bits per heavy atom. The van der Waals surface area contributed by atoms with Crippen molar-refractivity contribution in [1.82, 2.24) is 4.90 Å². The highest BCUT2D eigenvalue weighted by atomic mass is 16.5. The predicted octanol–water partition coefficient (Wildman–Crippen LogP) is 2.54. The second kappa shape index (κ2) is 8.89. The zero-order chi connectivity index (χ0) is 18.2. The minimum Gasteiger partial charge on any atom is -0.497 e. The van der Waals surface area contributed by atoms with Crippen molar-refractivity contribution in [3.8, 4) is 5.75 Å². The predicted molar refractivity (Wildman–Crippen MR) is 92.6 cm³/mol. The molecule has 25 heavy (non-hydrogen) atoms. The van der Waals surface area contributed by atoms with E-state index < -0.39 is 5.97 Å². The zero-order valence-corrected chi connectivity index (χ0v) is 14.6. The number of amides is 1. The van der Waals surface area contributed by atoms with Crippen molar-refractivity contribution in [2.24, 2.45) is 0 Å². The number of hydrogen-bond donors (Lipinski definition) is 1. The molecule has 0 unspecified atom stereocenters. The van der Waals surface area contributed by atoms with Gasteiger partial charge in [-0.2, -0.15) is 0 Å². The Bertz CT molecular complexity index is 709. The molecule has 0 saturated carbocycles. The fraction of sp³-hybridized carbons (Fsp3) is 0.333. The van der Waals surface area contributed by atoms with Crippen LogP contribution in [0.25, 0.3) is 0 Å². The third-order valence-electron chi connectivity index (χ3n) is 3.62. The van der Waals surface area contributed by atoms with Gasteiger partial charge >= 0.3 is 5.97 Å². The highest BCUT2D eigenvalue weighted by Gasteiger charge is 2.15. The van der Waals surface area contributed by atoms with E-state index in [1.165, 1.54) is 7.11 Å². The van der Waals surface area contributed by atoms with Gasteiger partial charge in [-0.15, -0.1) is 0 Å². The van der Waals surface area contributed by atoms with Gasteiger partial charge in [0.05, 0.1) is 27.3 Å². The van der Waals surface area contributed by atoms with Gasteiger partial charge in [-0.3, -0.25) is 9.69 Å². The number of hydrogen-bond acceptors (Lipinski definition) is 6. The minimum absolute atomic E-state index is 0.133. The summed E-state index contributed by atoms with van der Waals surface area (Å²) in [6, 6.07) is 10.4. The van der Waals surface area contributed by atoms with Crippen LogP contribution in [-0.2, 0) is 16.1 Å². The number of nitrogens with one attached hydrogen (secondary N) is 1. The standard InChI is InChI=1S/C18H22N2O5/c1-4-20(11-15-9-10-16(25-15)18(22)24-3)12-17(21)19-13-5-7-14(23-2)8-6-13/h5-10H,4,11-12H2,1-3H3,(H,19,21). The molecule has 7 heteroatoms. The van der Waals surface area contributed by atoms with Gasteiger partial charge in [-0.1, -0.05) is 6.92 Å². The Hall–Kier alpha value is -2.80. The van der Waals surface area contributed by atoms with Crippen LogP contribution in [0.3, 0.4) is 0 Å². The zero-order valence-electron chi connectivity index (χ0n) is 14.6. The molecule has 1 amide bonds. The van der Waals surface area contributed by atoms with Crippen LogP contribution in [0.1, 0.15) is 23.2 Å². The first-order valence-corrected chi connectivity index (χ1v) is 7.89. The van der Waals surface area contributed by atoms with Crippen molar-refractivity contribution in [3.05, 3.63) is 47.9 Å². The molecule has 0 aliphatic heterocycles. The van der Waals surface area contributed by atoms with Crippen molar-refractivity contribution in [1.29, 1.82) is 0 Å². The number of benzene rings is 1. The molecule has 7 nitrogen and oxygen atoms in total. The van der Waals surface area contributed by atoms with Gasteiger partial charge in [0, 0.05) is 5.69 Å². The molecule has 0 radical (unpaired) electrons. The lowest BCUT2D eigenvalue weighted by molar-refractivity contribution is -0.117. The van der Waals surface area contributed by atoms with Gasteiger partial charge < -0.3 is 19.2 Å². The smallest absolute Gasteiger partial charge is 0.373 e. The summed E-state index contributed by atoms with van der Waals surface area (Å²) in [7, 11) is 2.89. The summed E-state index contributed by atoms with van der Waals surface area (Å²) in [5.41, 5.74) is 0.702. The highest BCUT2D eigenvalue weighted by Crippen LogP contribution is 2.15. The first kappa shape index (κ1) is 18.5. The van der Waals surface area contributed by atoms with Gasteiger partial charge in [0.2, 0.25) is 11.7 Å². The lowest BCUT2D eigenvalue weighted by Gasteiger charge is -2.18. The normalized spacial score (nSPS) is 10.6. The summed E-state index contributed by atoms with van der Waals surface area (Å²) < 4.78 is 15.1. The number of esters is 1. The third kappa shape index (κ3) is 5.36. The van der Waals surface area contributed by atoms with Crippen LogP contribution >= 0.6 is 0 Å². The van der Waals surface area contributed by atoms with Crippen molar-refractivity contribution in [2.45, 2.75) is 13.5 Å². The Kier molecular flexibility index (Phi) is 6.59. The van der Waals surface area contributed by atoms with Gasteiger partial charge in [-0.05, 0) is 42.9 Å². The van der Waals surface area contributed by atoms with Crippen molar-refractivity contribution in [2.75, 3.05) is 32.6 Å². The lowest BCUT2D eigenvalue weighted by atomic mass is 10.3. The van der Waals surface area contributed by atoms with Gasteiger partial charge in [-0.25, -0.2) is 4.79 Å². The van der Waals surface area contributed by atoms with Gasteiger partial charge in [0.1, 0.15) is 11.5 Å². The molecule has 134 valence electrons. The molecule has 1 aromatic carbocycles. The van der Waals surface area contributed by atoms with Crippen LogP contribution < -0.4 is 10.1 Å². The molecule has 0 fully saturated rings. The number of carbonyl (C=O) groups excluding carboxylic acids is 2. The van der Waals surface area contributed by atoms with Crippen LogP contribution in [0.2, 0.25) is 0 Å². The number of rotatable bonds is 8. The number of likely N-dealkylation sites (N-methyl/N-ethyl adjacent to an activating group) is 1. The molecular weight excluding hydrogens is 324 g/mol. The summed E-state index contributed by atoms with van der Waals surface area (Å²) in [6.45, 7) is 3.23. The number of methoxy groups -OCH3 is 2. The Morgan fingerprint density at radius 2 is 1.84 bits per heavy atom. The molecule has 1 heterocycles. The highest BCUT2D eigenvalue weighted by molar-refractivity contribution is 5.92. The monoisotopic (exact) mass is 346 g/mol. The third-order valence-corrected chi connectivity index (χ3v) is 3.62. The Labute approximate surface area is 146 Å². The number of anilines is 1. The first-order chi connectivity index (χ1) is 12.0.